The molecule has 168 valence electrons. The van der Waals surface area contributed by atoms with Gasteiger partial charge in [-0.05, 0) is 37.8 Å². The molecule has 2 saturated heterocycles. The molecule has 2 aliphatic rings. The first kappa shape index (κ1) is 22.7. The number of benzene rings is 1. The van der Waals surface area contributed by atoms with E-state index in [4.69, 9.17) is 0 Å². The number of nitrogens with zero attached hydrogens (tertiary/aromatic N) is 3. The van der Waals surface area contributed by atoms with Crippen LogP contribution in [0.15, 0.2) is 18.2 Å². The number of imide groups is 1. The van der Waals surface area contributed by atoms with Crippen LogP contribution in [0.5, 0.6) is 0 Å². The van der Waals surface area contributed by atoms with Crippen LogP contribution in [-0.4, -0.2) is 77.2 Å². The van der Waals surface area contributed by atoms with E-state index in [9.17, 15) is 23.6 Å². The third-order valence-electron chi connectivity index (χ3n) is 6.41. The van der Waals surface area contributed by atoms with Gasteiger partial charge in [0.15, 0.2) is 0 Å². The second-order valence-electron chi connectivity index (χ2n) is 8.74. The van der Waals surface area contributed by atoms with Crippen LogP contribution in [0.3, 0.4) is 0 Å². The van der Waals surface area contributed by atoms with E-state index in [1.165, 1.54) is 24.1 Å². The van der Waals surface area contributed by atoms with Crippen molar-refractivity contribution in [3.05, 3.63) is 35.1 Å². The van der Waals surface area contributed by atoms with Crippen molar-refractivity contribution in [2.45, 2.75) is 45.2 Å². The van der Waals surface area contributed by atoms with E-state index in [0.29, 0.717) is 12.8 Å². The molecule has 1 spiro atoms. The first-order valence-corrected chi connectivity index (χ1v) is 10.4. The number of hydrogen-bond acceptors (Lipinski definition) is 4. The molecule has 1 aromatic carbocycles. The van der Waals surface area contributed by atoms with Gasteiger partial charge in [0.05, 0.1) is 5.56 Å². The van der Waals surface area contributed by atoms with Crippen LogP contribution in [0.1, 0.15) is 42.6 Å². The minimum atomic E-state index is -0.927. The van der Waals surface area contributed by atoms with E-state index in [2.05, 4.69) is 5.32 Å². The quantitative estimate of drug-likeness (QED) is 0.735. The van der Waals surface area contributed by atoms with E-state index in [1.54, 1.807) is 24.9 Å². The van der Waals surface area contributed by atoms with Gasteiger partial charge in [0.1, 0.15) is 17.4 Å². The molecule has 2 aliphatic heterocycles. The summed E-state index contributed by atoms with van der Waals surface area (Å²) in [5.41, 5.74) is -0.287. The van der Waals surface area contributed by atoms with Gasteiger partial charge in [-0.25, -0.2) is 9.18 Å². The summed E-state index contributed by atoms with van der Waals surface area (Å²) in [6.45, 7) is 5.95. The van der Waals surface area contributed by atoms with Crippen LogP contribution in [0.4, 0.5) is 9.18 Å². The molecular weight excluding hydrogens is 403 g/mol. The molecule has 31 heavy (non-hydrogen) atoms. The van der Waals surface area contributed by atoms with Crippen molar-refractivity contribution in [1.29, 1.82) is 0 Å². The van der Waals surface area contributed by atoms with Crippen LogP contribution >= 0.6 is 0 Å². The maximum atomic E-state index is 14.1. The molecule has 5 amide bonds. The number of aryl methyl sites for hydroxylation is 1. The second-order valence-corrected chi connectivity index (χ2v) is 8.74. The molecule has 8 nitrogen and oxygen atoms in total. The number of carbonyl (C=O) groups is 4. The van der Waals surface area contributed by atoms with Crippen LogP contribution < -0.4 is 5.32 Å². The average Bonchev–Trinajstić information content (AvgIpc) is 2.89. The maximum absolute atomic E-state index is 14.1. The number of urea groups is 1. The highest BCUT2D eigenvalue weighted by Crippen LogP contribution is 2.35. The van der Waals surface area contributed by atoms with Gasteiger partial charge in [0, 0.05) is 27.2 Å². The number of amides is 5. The van der Waals surface area contributed by atoms with Gasteiger partial charge in [-0.1, -0.05) is 25.5 Å². The molecule has 3 rings (SSSR count). The summed E-state index contributed by atoms with van der Waals surface area (Å²) >= 11 is 0. The number of likely N-dealkylation sites (N-methyl/N-ethyl adjacent to an activating group) is 2. The number of carbonyl (C=O) groups excluding carboxylic acids is 4. The maximum Gasteiger partial charge on any atom is 0.327 e. The Kier molecular flexibility index (Phi) is 6.07. The van der Waals surface area contributed by atoms with Crippen LogP contribution in [0, 0.1) is 18.7 Å². The molecule has 1 N–H and O–H groups in total. The normalized spacial score (nSPS) is 19.4. The fourth-order valence-electron chi connectivity index (χ4n) is 4.34. The largest absolute Gasteiger partial charge is 0.341 e. The molecule has 9 heteroatoms. The lowest BCUT2D eigenvalue weighted by molar-refractivity contribution is -0.141. The van der Waals surface area contributed by atoms with Crippen molar-refractivity contribution in [1.82, 2.24) is 20.0 Å². The highest BCUT2D eigenvalue weighted by atomic mass is 19.1. The SMILES string of the molecule is Cc1ccc(F)c(C(=O)N[C@@H](C(=O)N2CCC3(CC2)C(=O)N(C)C(=O)N3C)C(C)C)c1. The van der Waals surface area contributed by atoms with Gasteiger partial charge >= 0.3 is 6.03 Å². The Hall–Kier alpha value is -2.97. The van der Waals surface area contributed by atoms with E-state index < -0.39 is 23.3 Å². The van der Waals surface area contributed by atoms with E-state index in [-0.39, 0.29) is 42.4 Å². The van der Waals surface area contributed by atoms with Gasteiger partial charge in [0.25, 0.3) is 11.8 Å². The number of likely N-dealkylation sites (tertiary alicyclic amines) is 1. The van der Waals surface area contributed by atoms with Crippen molar-refractivity contribution >= 4 is 23.8 Å². The van der Waals surface area contributed by atoms with E-state index in [0.717, 1.165) is 10.5 Å². The Bertz CT molecular complexity index is 924. The summed E-state index contributed by atoms with van der Waals surface area (Å²) in [6.07, 6.45) is 0.658. The molecule has 2 heterocycles. The van der Waals surface area contributed by atoms with Crippen LogP contribution in [-0.2, 0) is 9.59 Å². The lowest BCUT2D eigenvalue weighted by Gasteiger charge is -2.42. The van der Waals surface area contributed by atoms with Gasteiger partial charge in [-0.2, -0.15) is 0 Å². The third kappa shape index (κ3) is 3.88. The molecule has 2 fully saturated rings. The Morgan fingerprint density at radius 3 is 2.26 bits per heavy atom. The molecule has 0 radical (unpaired) electrons. The zero-order valence-electron chi connectivity index (χ0n) is 18.6. The molecule has 1 aromatic rings. The Morgan fingerprint density at radius 1 is 1.13 bits per heavy atom. The molecule has 0 aromatic heterocycles. The highest BCUT2D eigenvalue weighted by Gasteiger charge is 2.55. The predicted molar refractivity (Wildman–Crippen MR) is 112 cm³/mol. The van der Waals surface area contributed by atoms with Crippen molar-refractivity contribution < 1.29 is 23.6 Å². The second kappa shape index (κ2) is 8.28. The number of nitrogens with one attached hydrogen (secondary N) is 1. The fraction of sp³-hybridized carbons (Fsp3) is 0.545. The van der Waals surface area contributed by atoms with Crippen molar-refractivity contribution in [2.75, 3.05) is 27.2 Å². The minimum Gasteiger partial charge on any atom is -0.341 e. The van der Waals surface area contributed by atoms with Crippen molar-refractivity contribution in [3.8, 4) is 0 Å². The smallest absolute Gasteiger partial charge is 0.327 e. The molecule has 0 bridgehead atoms. The number of piperidine rings is 1. The lowest BCUT2D eigenvalue weighted by atomic mass is 9.85. The van der Waals surface area contributed by atoms with Gasteiger partial charge in [-0.3, -0.25) is 19.3 Å². The molecular formula is C22H29FN4O4. The zero-order valence-corrected chi connectivity index (χ0v) is 18.6. The molecule has 0 aliphatic carbocycles. The van der Waals surface area contributed by atoms with Crippen LogP contribution in [0.25, 0.3) is 0 Å². The van der Waals surface area contributed by atoms with Crippen molar-refractivity contribution in [2.24, 2.45) is 5.92 Å². The highest BCUT2D eigenvalue weighted by molar-refractivity contribution is 6.06. The van der Waals surface area contributed by atoms with E-state index in [1.807, 2.05) is 13.8 Å². The fourth-order valence-corrected chi connectivity index (χ4v) is 4.34. The molecule has 0 saturated carbocycles. The summed E-state index contributed by atoms with van der Waals surface area (Å²) in [7, 11) is 3.07. The summed E-state index contributed by atoms with van der Waals surface area (Å²) < 4.78 is 14.1. The van der Waals surface area contributed by atoms with Gasteiger partial charge < -0.3 is 15.1 Å². The first-order chi connectivity index (χ1) is 14.5. The van der Waals surface area contributed by atoms with Gasteiger partial charge in [-0.15, -0.1) is 0 Å². The standard InChI is InChI=1S/C22H29FN4O4/c1-13(2)17(24-18(28)15-12-14(3)6-7-16(15)23)19(29)27-10-8-22(9-11-27)20(30)25(4)21(31)26(22)5/h6-7,12-13,17H,8-11H2,1-5H3,(H,24,28)/t17-/m1/s1. The predicted octanol–water partition coefficient (Wildman–Crippen LogP) is 1.77. The Morgan fingerprint density at radius 2 is 1.74 bits per heavy atom. The van der Waals surface area contributed by atoms with Crippen LogP contribution in [0.2, 0.25) is 0 Å². The third-order valence-corrected chi connectivity index (χ3v) is 6.41. The minimum absolute atomic E-state index is 0.101. The average molecular weight is 432 g/mol. The number of rotatable bonds is 4. The monoisotopic (exact) mass is 432 g/mol. The zero-order chi connectivity index (χ0) is 23.1. The first-order valence-electron chi connectivity index (χ1n) is 10.4. The van der Waals surface area contributed by atoms with E-state index >= 15 is 0 Å². The lowest BCUT2D eigenvalue weighted by Crippen LogP contribution is -2.59. The summed E-state index contributed by atoms with van der Waals surface area (Å²) in [4.78, 5) is 54.9. The Balaban J connectivity index is 1.72. The summed E-state index contributed by atoms with van der Waals surface area (Å²) in [6, 6.07) is 3.07. The topological polar surface area (TPSA) is 90.0 Å². The number of hydrogen-bond donors (Lipinski definition) is 1. The van der Waals surface area contributed by atoms with Gasteiger partial charge in [0.2, 0.25) is 5.91 Å². The number of halogens is 1. The van der Waals surface area contributed by atoms with Crippen molar-refractivity contribution in [3.63, 3.8) is 0 Å². The summed E-state index contributed by atoms with van der Waals surface area (Å²) in [5, 5.41) is 2.68. The molecule has 1 atom stereocenters. The molecule has 0 unspecified atom stereocenters. The summed E-state index contributed by atoms with van der Waals surface area (Å²) in [5.74, 6) is -2.03. The Labute approximate surface area is 181 Å².